The number of hydrogen-bond acceptors (Lipinski definition) is 5. The van der Waals surface area contributed by atoms with Crippen molar-refractivity contribution in [1.29, 1.82) is 0 Å². The van der Waals surface area contributed by atoms with E-state index in [1.165, 1.54) is 5.56 Å². The van der Waals surface area contributed by atoms with E-state index >= 15 is 0 Å². The van der Waals surface area contributed by atoms with Crippen LogP contribution in [-0.4, -0.2) is 79.6 Å². The van der Waals surface area contributed by atoms with Crippen molar-refractivity contribution in [1.82, 2.24) is 15.1 Å². The number of carbonyl (C=O) groups is 3. The van der Waals surface area contributed by atoms with Crippen LogP contribution in [0.15, 0.2) is 54.6 Å². The third-order valence-electron chi connectivity index (χ3n) is 7.64. The highest BCUT2D eigenvalue weighted by Gasteiger charge is 2.54. The number of anilines is 1. The molecule has 2 aliphatic heterocycles. The van der Waals surface area contributed by atoms with Gasteiger partial charge >= 0.3 is 0 Å². The Morgan fingerprint density at radius 2 is 1.66 bits per heavy atom. The average molecular weight is 521 g/mol. The number of amides is 3. The second-order valence-corrected chi connectivity index (χ2v) is 11.3. The maximum atomic E-state index is 13.8. The van der Waals surface area contributed by atoms with Gasteiger partial charge < -0.3 is 24.8 Å². The van der Waals surface area contributed by atoms with Crippen LogP contribution in [0.25, 0.3) is 0 Å². The third kappa shape index (κ3) is 5.85. The number of hydrogen-bond donors (Lipinski definition) is 1. The van der Waals surface area contributed by atoms with Crippen molar-refractivity contribution >= 4 is 23.4 Å². The van der Waals surface area contributed by atoms with E-state index in [4.69, 9.17) is 4.74 Å². The topological polar surface area (TPSA) is 82.2 Å². The number of piperidine rings is 1. The fourth-order valence-electron chi connectivity index (χ4n) is 5.37. The highest BCUT2D eigenvalue weighted by Crippen LogP contribution is 2.39. The minimum Gasteiger partial charge on any atom is -0.385 e. The van der Waals surface area contributed by atoms with E-state index in [0.29, 0.717) is 51.3 Å². The summed E-state index contributed by atoms with van der Waals surface area (Å²) >= 11 is 0. The molecule has 0 aliphatic carbocycles. The minimum atomic E-state index is -0.773. The number of nitrogens with one attached hydrogen (secondary N) is 1. The second-order valence-electron chi connectivity index (χ2n) is 11.3. The van der Waals surface area contributed by atoms with Crippen molar-refractivity contribution in [2.24, 2.45) is 0 Å². The molecule has 8 heteroatoms. The molecular formula is C30H40N4O4. The van der Waals surface area contributed by atoms with Crippen LogP contribution in [0.5, 0.6) is 0 Å². The minimum absolute atomic E-state index is 0.00990. The Labute approximate surface area is 225 Å². The molecule has 0 bridgehead atoms. The smallest absolute Gasteiger partial charge is 0.253 e. The lowest BCUT2D eigenvalue weighted by Crippen LogP contribution is -2.57. The van der Waals surface area contributed by atoms with E-state index < -0.39 is 5.54 Å². The van der Waals surface area contributed by atoms with Crippen LogP contribution in [0.3, 0.4) is 0 Å². The zero-order valence-electron chi connectivity index (χ0n) is 23.0. The van der Waals surface area contributed by atoms with Gasteiger partial charge in [0.25, 0.3) is 11.8 Å². The molecule has 0 unspecified atom stereocenters. The summed E-state index contributed by atoms with van der Waals surface area (Å²) in [6.45, 7) is 8.85. The third-order valence-corrected chi connectivity index (χ3v) is 7.64. The monoisotopic (exact) mass is 520 g/mol. The van der Waals surface area contributed by atoms with Gasteiger partial charge in [0, 0.05) is 44.6 Å². The molecule has 2 fully saturated rings. The molecular weight excluding hydrogens is 480 g/mol. The molecule has 2 aromatic rings. The molecule has 204 valence electrons. The Bertz CT molecular complexity index is 1120. The summed E-state index contributed by atoms with van der Waals surface area (Å²) in [6.07, 6.45) is 1.75. The summed E-state index contributed by atoms with van der Waals surface area (Å²) in [5, 5.41) is 2.88. The standard InChI is InChI=1S/C30H40N4O4/c1-29(2,3)24-13-11-23(12-14-24)27(36)32-18-15-30(16-19-32)28(37)33(21-26(35)31-17-8-20-38-4)22-34(30)25-9-6-5-7-10-25/h5-7,9-14H,8,15-22H2,1-4H3,(H,31,35). The summed E-state index contributed by atoms with van der Waals surface area (Å²) in [4.78, 5) is 45.3. The Morgan fingerprint density at radius 3 is 2.26 bits per heavy atom. The van der Waals surface area contributed by atoms with Crippen LogP contribution in [0.4, 0.5) is 5.69 Å². The van der Waals surface area contributed by atoms with Gasteiger partial charge in [-0.25, -0.2) is 0 Å². The highest BCUT2D eigenvalue weighted by atomic mass is 16.5. The van der Waals surface area contributed by atoms with Crippen LogP contribution in [-0.2, 0) is 19.7 Å². The fraction of sp³-hybridized carbons (Fsp3) is 0.500. The normalized spacial score (nSPS) is 17.3. The van der Waals surface area contributed by atoms with Crippen LogP contribution in [0, 0.1) is 0 Å². The molecule has 2 heterocycles. The lowest BCUT2D eigenvalue weighted by atomic mass is 9.84. The molecule has 38 heavy (non-hydrogen) atoms. The lowest BCUT2D eigenvalue weighted by molar-refractivity contribution is -0.137. The Balaban J connectivity index is 1.47. The molecule has 0 radical (unpaired) electrons. The van der Waals surface area contributed by atoms with Crippen LogP contribution >= 0.6 is 0 Å². The van der Waals surface area contributed by atoms with Gasteiger partial charge in [-0.15, -0.1) is 0 Å². The first kappa shape index (κ1) is 27.6. The lowest BCUT2D eigenvalue weighted by Gasteiger charge is -2.43. The summed E-state index contributed by atoms with van der Waals surface area (Å²) < 4.78 is 5.03. The Kier molecular flexibility index (Phi) is 8.41. The highest BCUT2D eigenvalue weighted by molar-refractivity contribution is 5.97. The van der Waals surface area contributed by atoms with Crippen molar-refractivity contribution in [2.45, 2.75) is 51.0 Å². The van der Waals surface area contributed by atoms with Gasteiger partial charge in [0.15, 0.2) is 0 Å². The number of para-hydroxylation sites is 1. The van der Waals surface area contributed by atoms with E-state index in [-0.39, 0.29) is 29.7 Å². The molecule has 4 rings (SSSR count). The first-order valence-corrected chi connectivity index (χ1v) is 13.4. The predicted octanol–water partition coefficient (Wildman–Crippen LogP) is 3.42. The van der Waals surface area contributed by atoms with Gasteiger partial charge in [-0.1, -0.05) is 51.1 Å². The van der Waals surface area contributed by atoms with Gasteiger partial charge in [0.2, 0.25) is 5.91 Å². The van der Waals surface area contributed by atoms with Crippen LogP contribution in [0.1, 0.15) is 56.0 Å². The number of rotatable bonds is 8. The number of methoxy groups -OCH3 is 1. The van der Waals surface area contributed by atoms with E-state index in [1.54, 1.807) is 12.0 Å². The molecule has 3 amide bonds. The SMILES string of the molecule is COCCCNC(=O)CN1CN(c2ccccc2)C2(CCN(C(=O)c3ccc(C(C)(C)C)cc3)CC2)C1=O. The molecule has 0 atom stereocenters. The molecule has 2 aromatic carbocycles. The van der Waals surface area contributed by atoms with E-state index in [2.05, 4.69) is 31.0 Å². The van der Waals surface area contributed by atoms with Crippen LogP contribution < -0.4 is 10.2 Å². The van der Waals surface area contributed by atoms with Crippen molar-refractivity contribution in [2.75, 3.05) is 51.5 Å². The zero-order chi connectivity index (χ0) is 27.3. The largest absolute Gasteiger partial charge is 0.385 e. The van der Waals surface area contributed by atoms with Gasteiger partial charge in [-0.05, 0) is 54.5 Å². The van der Waals surface area contributed by atoms with Crippen molar-refractivity contribution in [3.63, 3.8) is 0 Å². The second kappa shape index (κ2) is 11.6. The van der Waals surface area contributed by atoms with Crippen LogP contribution in [0.2, 0.25) is 0 Å². The van der Waals surface area contributed by atoms with Gasteiger partial charge in [-0.3, -0.25) is 14.4 Å². The first-order chi connectivity index (χ1) is 18.2. The van der Waals surface area contributed by atoms with E-state index in [0.717, 1.165) is 12.1 Å². The summed E-state index contributed by atoms with van der Waals surface area (Å²) in [5.41, 5.74) is 2.05. The van der Waals surface area contributed by atoms with Crippen molar-refractivity contribution in [3.05, 3.63) is 65.7 Å². The quantitative estimate of drug-likeness (QED) is 0.540. The number of benzene rings is 2. The summed E-state index contributed by atoms with van der Waals surface area (Å²) in [7, 11) is 1.63. The zero-order valence-corrected chi connectivity index (χ0v) is 23.0. The number of likely N-dealkylation sites (tertiary alicyclic amines) is 1. The molecule has 1 spiro atoms. The van der Waals surface area contributed by atoms with E-state index in [1.807, 2.05) is 59.5 Å². The van der Waals surface area contributed by atoms with Crippen molar-refractivity contribution < 1.29 is 19.1 Å². The molecule has 0 saturated carbocycles. The maximum Gasteiger partial charge on any atom is 0.253 e. The van der Waals surface area contributed by atoms with Gasteiger partial charge in [0.1, 0.15) is 12.1 Å². The molecule has 8 nitrogen and oxygen atoms in total. The van der Waals surface area contributed by atoms with Gasteiger partial charge in [-0.2, -0.15) is 0 Å². The maximum absolute atomic E-state index is 13.8. The Morgan fingerprint density at radius 1 is 1.00 bits per heavy atom. The number of nitrogens with zero attached hydrogens (tertiary/aromatic N) is 3. The Hall–Kier alpha value is -3.39. The summed E-state index contributed by atoms with van der Waals surface area (Å²) in [6, 6.07) is 17.7. The van der Waals surface area contributed by atoms with Crippen molar-refractivity contribution in [3.8, 4) is 0 Å². The fourth-order valence-corrected chi connectivity index (χ4v) is 5.37. The molecule has 0 aromatic heterocycles. The average Bonchev–Trinajstić information content (AvgIpc) is 3.17. The van der Waals surface area contributed by atoms with Gasteiger partial charge in [0.05, 0.1) is 6.67 Å². The molecule has 1 N–H and O–H groups in total. The predicted molar refractivity (Wildman–Crippen MR) is 148 cm³/mol. The first-order valence-electron chi connectivity index (χ1n) is 13.4. The molecule has 2 aliphatic rings. The summed E-state index contributed by atoms with van der Waals surface area (Å²) in [5.74, 6) is -0.231. The van der Waals surface area contributed by atoms with E-state index in [9.17, 15) is 14.4 Å². The molecule has 2 saturated heterocycles. The number of carbonyl (C=O) groups excluding carboxylic acids is 3. The number of ether oxygens (including phenoxy) is 1.